The number of methoxy groups -OCH3 is 1. The van der Waals surface area contributed by atoms with Crippen molar-refractivity contribution >= 4 is 15.7 Å². The molecule has 1 aromatic rings. The normalized spacial score (nSPS) is 22.2. The van der Waals surface area contributed by atoms with Gasteiger partial charge in [0.25, 0.3) is 0 Å². The molecule has 0 bridgehead atoms. The van der Waals surface area contributed by atoms with Crippen LogP contribution in [0.25, 0.3) is 0 Å². The molecule has 1 heterocycles. The minimum absolute atomic E-state index is 0.0315. The zero-order valence-electron chi connectivity index (χ0n) is 14.3. The van der Waals surface area contributed by atoms with E-state index < -0.39 is 27.2 Å². The van der Waals surface area contributed by atoms with Gasteiger partial charge < -0.3 is 14.7 Å². The number of likely N-dealkylation sites (tertiary alicyclic amines) is 1. The summed E-state index contributed by atoms with van der Waals surface area (Å²) in [6, 6.07) is 7.15. The fourth-order valence-electron chi connectivity index (χ4n) is 2.97. The first kappa shape index (κ1) is 18.7. The maximum atomic E-state index is 12.6. The van der Waals surface area contributed by atoms with E-state index in [9.17, 15) is 18.3 Å². The third-order valence-electron chi connectivity index (χ3n) is 4.36. The van der Waals surface area contributed by atoms with Crippen LogP contribution in [-0.2, 0) is 21.2 Å². The number of sulfone groups is 1. The third kappa shape index (κ3) is 3.72. The lowest BCUT2D eigenvalue weighted by molar-refractivity contribution is -0.158. The monoisotopic (exact) mass is 355 g/mol. The number of hydrogen-bond donors (Lipinski definition) is 1. The van der Waals surface area contributed by atoms with Crippen LogP contribution in [0, 0.1) is 5.92 Å². The average Bonchev–Trinajstić information content (AvgIpc) is 2.55. The number of carbonyl (C=O) groups excluding carboxylic acids is 1. The van der Waals surface area contributed by atoms with Gasteiger partial charge in [-0.15, -0.1) is 0 Å². The lowest BCUT2D eigenvalue weighted by Crippen LogP contribution is -2.66. The molecule has 1 amide bonds. The molecule has 0 radical (unpaired) electrons. The molecule has 2 rings (SSSR count). The van der Waals surface area contributed by atoms with Crippen LogP contribution in [0.4, 0.5) is 0 Å². The summed E-state index contributed by atoms with van der Waals surface area (Å²) in [5, 5.41) is 8.88. The maximum absolute atomic E-state index is 12.6. The minimum atomic E-state index is -3.47. The first-order chi connectivity index (χ1) is 11.3. The Morgan fingerprint density at radius 1 is 1.29 bits per heavy atom. The van der Waals surface area contributed by atoms with E-state index in [1.807, 2.05) is 6.92 Å². The van der Waals surface area contributed by atoms with Gasteiger partial charge in [-0.3, -0.25) is 4.79 Å². The number of hydrogen-bond acceptors (Lipinski definition) is 5. The van der Waals surface area contributed by atoms with Crippen molar-refractivity contribution in [2.24, 2.45) is 5.92 Å². The number of unbranched alkanes of at least 4 members (excludes halogenated alkanes) is 1. The third-order valence-corrected chi connectivity index (χ3v) is 6.51. The van der Waals surface area contributed by atoms with Crippen LogP contribution < -0.4 is 4.74 Å². The summed E-state index contributed by atoms with van der Waals surface area (Å²) in [4.78, 5) is 13.7. The van der Waals surface area contributed by atoms with Gasteiger partial charge in [0, 0.05) is 6.54 Å². The van der Waals surface area contributed by atoms with Gasteiger partial charge in [0.05, 0.1) is 24.9 Å². The Morgan fingerprint density at radius 3 is 2.42 bits per heavy atom. The first-order valence-electron chi connectivity index (χ1n) is 8.15. The SMILES string of the molecule is CCCCS(=O)(=O)C1C([C@@H](C)O)C(=O)N1Cc1ccc(OC)cc1. The van der Waals surface area contributed by atoms with Crippen molar-refractivity contribution in [3.8, 4) is 5.75 Å². The van der Waals surface area contributed by atoms with Crippen LogP contribution in [0.3, 0.4) is 0 Å². The van der Waals surface area contributed by atoms with Gasteiger partial charge >= 0.3 is 0 Å². The molecule has 2 unspecified atom stereocenters. The zero-order valence-corrected chi connectivity index (χ0v) is 15.1. The van der Waals surface area contributed by atoms with E-state index in [-0.39, 0.29) is 18.2 Å². The summed E-state index contributed by atoms with van der Waals surface area (Å²) in [5.41, 5.74) is 0.823. The number of amides is 1. The maximum Gasteiger partial charge on any atom is 0.232 e. The van der Waals surface area contributed by atoms with Crippen LogP contribution in [0.2, 0.25) is 0 Å². The predicted molar refractivity (Wildman–Crippen MR) is 91.2 cm³/mol. The molecule has 3 atom stereocenters. The number of benzene rings is 1. The standard InChI is InChI=1S/C17H25NO5S/c1-4-5-10-24(21,22)17-15(12(2)19)16(20)18(17)11-13-6-8-14(23-3)9-7-13/h6-9,12,15,17,19H,4-5,10-11H2,1-3H3/t12-,15?,17?/m1/s1. The van der Waals surface area contributed by atoms with Gasteiger partial charge in [-0.2, -0.15) is 0 Å². The Balaban J connectivity index is 2.21. The Labute approximate surface area is 143 Å². The summed E-state index contributed by atoms with van der Waals surface area (Å²) < 4.78 is 30.3. The van der Waals surface area contributed by atoms with Gasteiger partial charge in [0.2, 0.25) is 5.91 Å². The van der Waals surface area contributed by atoms with Gasteiger partial charge in [-0.25, -0.2) is 8.42 Å². The van der Waals surface area contributed by atoms with Crippen LogP contribution in [-0.4, -0.2) is 48.7 Å². The van der Waals surface area contributed by atoms with E-state index in [1.54, 1.807) is 31.4 Å². The van der Waals surface area contributed by atoms with Crippen molar-refractivity contribution in [1.29, 1.82) is 0 Å². The molecule has 1 fully saturated rings. The fourth-order valence-corrected chi connectivity index (χ4v) is 5.26. The number of nitrogens with zero attached hydrogens (tertiary/aromatic N) is 1. The van der Waals surface area contributed by atoms with E-state index in [2.05, 4.69) is 0 Å². The fraction of sp³-hybridized carbons (Fsp3) is 0.588. The second kappa shape index (κ2) is 7.53. The molecule has 0 aliphatic carbocycles. The lowest BCUT2D eigenvalue weighted by Gasteiger charge is -2.47. The molecule has 24 heavy (non-hydrogen) atoms. The van der Waals surface area contributed by atoms with Crippen LogP contribution in [0.1, 0.15) is 32.3 Å². The molecular weight excluding hydrogens is 330 g/mol. The second-order valence-electron chi connectivity index (χ2n) is 6.19. The highest BCUT2D eigenvalue weighted by Gasteiger charge is 2.55. The summed E-state index contributed by atoms with van der Waals surface area (Å²) in [6.45, 7) is 3.60. The molecule has 0 aromatic heterocycles. The molecule has 7 heteroatoms. The van der Waals surface area contributed by atoms with Crippen LogP contribution in [0.5, 0.6) is 5.75 Å². The molecule has 0 saturated carbocycles. The van der Waals surface area contributed by atoms with Gasteiger partial charge in [0.15, 0.2) is 9.84 Å². The van der Waals surface area contributed by atoms with Crippen molar-refractivity contribution in [3.63, 3.8) is 0 Å². The van der Waals surface area contributed by atoms with Crippen molar-refractivity contribution in [2.75, 3.05) is 12.9 Å². The molecule has 1 N–H and O–H groups in total. The Bertz CT molecular complexity index is 669. The molecule has 6 nitrogen and oxygen atoms in total. The smallest absolute Gasteiger partial charge is 0.232 e. The lowest BCUT2D eigenvalue weighted by atomic mass is 9.92. The average molecular weight is 355 g/mol. The quantitative estimate of drug-likeness (QED) is 0.716. The summed E-state index contributed by atoms with van der Waals surface area (Å²) in [5.74, 6) is -0.456. The van der Waals surface area contributed by atoms with Crippen molar-refractivity contribution in [2.45, 2.75) is 44.7 Å². The highest BCUT2D eigenvalue weighted by molar-refractivity contribution is 7.92. The van der Waals surface area contributed by atoms with Gasteiger partial charge in [0.1, 0.15) is 11.1 Å². The molecule has 1 aliphatic rings. The number of aliphatic hydroxyl groups excluding tert-OH is 1. The minimum Gasteiger partial charge on any atom is -0.497 e. The molecule has 1 aliphatic heterocycles. The van der Waals surface area contributed by atoms with E-state index in [0.29, 0.717) is 12.2 Å². The molecule has 1 saturated heterocycles. The van der Waals surface area contributed by atoms with Crippen molar-refractivity contribution in [3.05, 3.63) is 29.8 Å². The van der Waals surface area contributed by atoms with Crippen molar-refractivity contribution < 1.29 is 23.1 Å². The predicted octanol–water partition coefficient (Wildman–Crippen LogP) is 1.58. The number of β-lactam (4-membered cyclic amide) rings is 1. The largest absolute Gasteiger partial charge is 0.497 e. The molecule has 1 aromatic carbocycles. The topological polar surface area (TPSA) is 83.9 Å². The Kier molecular flexibility index (Phi) is 5.87. The Morgan fingerprint density at radius 2 is 1.92 bits per heavy atom. The van der Waals surface area contributed by atoms with Crippen LogP contribution >= 0.6 is 0 Å². The highest BCUT2D eigenvalue weighted by atomic mass is 32.2. The van der Waals surface area contributed by atoms with Crippen molar-refractivity contribution in [1.82, 2.24) is 4.90 Å². The first-order valence-corrected chi connectivity index (χ1v) is 9.86. The molecular formula is C17H25NO5S. The van der Waals surface area contributed by atoms with E-state index in [0.717, 1.165) is 12.0 Å². The molecule has 134 valence electrons. The highest BCUT2D eigenvalue weighted by Crippen LogP contribution is 2.35. The second-order valence-corrected chi connectivity index (χ2v) is 8.41. The summed E-state index contributed by atoms with van der Waals surface area (Å²) in [6.07, 6.45) is 0.333. The number of carbonyl (C=O) groups is 1. The Hall–Kier alpha value is -1.60. The summed E-state index contributed by atoms with van der Waals surface area (Å²) in [7, 11) is -1.91. The van der Waals surface area contributed by atoms with Gasteiger partial charge in [-0.1, -0.05) is 25.5 Å². The molecule has 0 spiro atoms. The number of rotatable bonds is 8. The zero-order chi connectivity index (χ0) is 17.9. The van der Waals surface area contributed by atoms with E-state index in [4.69, 9.17) is 4.74 Å². The van der Waals surface area contributed by atoms with E-state index >= 15 is 0 Å². The number of ether oxygens (including phenoxy) is 1. The van der Waals surface area contributed by atoms with E-state index in [1.165, 1.54) is 11.8 Å². The van der Waals surface area contributed by atoms with Crippen LogP contribution in [0.15, 0.2) is 24.3 Å². The van der Waals surface area contributed by atoms with Gasteiger partial charge in [-0.05, 0) is 31.0 Å². The summed E-state index contributed by atoms with van der Waals surface area (Å²) >= 11 is 0. The number of aliphatic hydroxyl groups is 1.